The van der Waals surface area contributed by atoms with Gasteiger partial charge in [-0.3, -0.25) is 4.79 Å². The summed E-state index contributed by atoms with van der Waals surface area (Å²) in [5.74, 6) is 0.0868. The lowest BCUT2D eigenvalue weighted by Gasteiger charge is -2.14. The molecular weight excluding hydrogens is 242 g/mol. The van der Waals surface area contributed by atoms with E-state index in [2.05, 4.69) is 5.32 Å². The predicted molar refractivity (Wildman–Crippen MR) is 74.1 cm³/mol. The van der Waals surface area contributed by atoms with Crippen molar-refractivity contribution in [3.05, 3.63) is 35.6 Å². The van der Waals surface area contributed by atoms with Gasteiger partial charge in [0, 0.05) is 11.9 Å². The number of benzene rings is 1. The fourth-order valence-corrected chi connectivity index (χ4v) is 1.79. The molecule has 0 bridgehead atoms. The Labute approximate surface area is 112 Å². The standard InChI is InChI=1S/C15H19NO3/c1-9(2)12(17)8-16-15(18)14-7-11-6-10(3)4-5-13(11)19-14/h4-7,9,12,17H,8H2,1-3H3,(H,16,18). The van der Waals surface area contributed by atoms with Crippen LogP contribution in [0, 0.1) is 12.8 Å². The zero-order valence-electron chi connectivity index (χ0n) is 11.4. The number of nitrogens with one attached hydrogen (secondary N) is 1. The molecule has 0 aliphatic rings. The Hall–Kier alpha value is -1.81. The number of carbonyl (C=O) groups excluding carboxylic acids is 1. The van der Waals surface area contributed by atoms with E-state index in [0.29, 0.717) is 5.58 Å². The maximum Gasteiger partial charge on any atom is 0.287 e. The van der Waals surface area contributed by atoms with Gasteiger partial charge < -0.3 is 14.8 Å². The number of aryl methyl sites for hydroxylation is 1. The predicted octanol–water partition coefficient (Wildman–Crippen LogP) is 2.49. The van der Waals surface area contributed by atoms with Crippen LogP contribution < -0.4 is 5.32 Å². The van der Waals surface area contributed by atoms with Crippen LogP contribution in [0.25, 0.3) is 11.0 Å². The van der Waals surface area contributed by atoms with Crippen molar-refractivity contribution in [2.45, 2.75) is 26.9 Å². The topological polar surface area (TPSA) is 62.5 Å². The Bertz CT molecular complexity index is 586. The van der Waals surface area contributed by atoms with E-state index in [1.54, 1.807) is 6.07 Å². The lowest BCUT2D eigenvalue weighted by molar-refractivity contribution is 0.0849. The molecule has 2 N–H and O–H groups in total. The zero-order valence-corrected chi connectivity index (χ0v) is 11.4. The molecule has 19 heavy (non-hydrogen) atoms. The SMILES string of the molecule is Cc1ccc2oc(C(=O)NCC(O)C(C)C)cc2c1. The van der Waals surface area contributed by atoms with Gasteiger partial charge in [0.2, 0.25) is 0 Å². The first kappa shape index (κ1) is 13.6. The van der Waals surface area contributed by atoms with Gasteiger partial charge in [-0.15, -0.1) is 0 Å². The summed E-state index contributed by atoms with van der Waals surface area (Å²) >= 11 is 0. The molecule has 1 atom stereocenters. The van der Waals surface area contributed by atoms with Crippen LogP contribution in [0.5, 0.6) is 0 Å². The fourth-order valence-electron chi connectivity index (χ4n) is 1.79. The molecule has 0 saturated heterocycles. The molecule has 1 unspecified atom stereocenters. The van der Waals surface area contributed by atoms with Gasteiger partial charge >= 0.3 is 0 Å². The second-order valence-corrected chi connectivity index (χ2v) is 5.17. The summed E-state index contributed by atoms with van der Waals surface area (Å²) in [6.07, 6.45) is -0.546. The molecule has 1 aromatic carbocycles. The Balaban J connectivity index is 2.09. The molecule has 2 aromatic rings. The van der Waals surface area contributed by atoms with E-state index >= 15 is 0 Å². The molecule has 0 aliphatic heterocycles. The first-order valence-electron chi connectivity index (χ1n) is 6.44. The number of amides is 1. The molecule has 1 amide bonds. The van der Waals surface area contributed by atoms with Crippen LogP contribution >= 0.6 is 0 Å². The highest BCUT2D eigenvalue weighted by Gasteiger charge is 2.15. The summed E-state index contributed by atoms with van der Waals surface area (Å²) in [6.45, 7) is 6.03. The third-order valence-electron chi connectivity index (χ3n) is 3.14. The normalized spacial score (nSPS) is 12.9. The van der Waals surface area contributed by atoms with Crippen molar-refractivity contribution in [3.63, 3.8) is 0 Å². The Morgan fingerprint density at radius 1 is 1.37 bits per heavy atom. The van der Waals surface area contributed by atoms with Crippen LogP contribution in [-0.4, -0.2) is 23.7 Å². The van der Waals surface area contributed by atoms with Crippen LogP contribution in [0.1, 0.15) is 30.0 Å². The summed E-state index contributed by atoms with van der Waals surface area (Å²) < 4.78 is 5.48. The molecule has 1 aromatic heterocycles. The van der Waals surface area contributed by atoms with E-state index in [9.17, 15) is 9.90 Å². The largest absolute Gasteiger partial charge is 0.451 e. The monoisotopic (exact) mass is 261 g/mol. The van der Waals surface area contributed by atoms with Crippen molar-refractivity contribution in [1.29, 1.82) is 0 Å². The van der Waals surface area contributed by atoms with E-state index in [-0.39, 0.29) is 24.1 Å². The molecule has 0 radical (unpaired) electrons. The van der Waals surface area contributed by atoms with Gasteiger partial charge in [-0.05, 0) is 31.0 Å². The number of rotatable bonds is 4. The van der Waals surface area contributed by atoms with Crippen LogP contribution in [0.4, 0.5) is 0 Å². The van der Waals surface area contributed by atoms with E-state index in [0.717, 1.165) is 10.9 Å². The third kappa shape index (κ3) is 3.15. The van der Waals surface area contributed by atoms with Gasteiger partial charge in [0.15, 0.2) is 5.76 Å². The number of aliphatic hydroxyl groups is 1. The molecule has 0 fully saturated rings. The van der Waals surface area contributed by atoms with Crippen LogP contribution in [0.2, 0.25) is 0 Å². The maximum absolute atomic E-state index is 11.9. The number of hydrogen-bond donors (Lipinski definition) is 2. The molecule has 2 rings (SSSR count). The Morgan fingerprint density at radius 2 is 2.11 bits per heavy atom. The average Bonchev–Trinajstić information content (AvgIpc) is 2.78. The number of furan rings is 1. The zero-order chi connectivity index (χ0) is 14.0. The van der Waals surface area contributed by atoms with Gasteiger partial charge in [0.1, 0.15) is 5.58 Å². The number of hydrogen-bond acceptors (Lipinski definition) is 3. The highest BCUT2D eigenvalue weighted by atomic mass is 16.3. The van der Waals surface area contributed by atoms with Crippen LogP contribution in [0.15, 0.2) is 28.7 Å². The molecule has 102 valence electrons. The van der Waals surface area contributed by atoms with Crippen molar-refractivity contribution in [2.75, 3.05) is 6.54 Å². The van der Waals surface area contributed by atoms with Crippen molar-refractivity contribution in [3.8, 4) is 0 Å². The van der Waals surface area contributed by atoms with Crippen molar-refractivity contribution < 1.29 is 14.3 Å². The molecule has 0 spiro atoms. The fraction of sp³-hybridized carbons (Fsp3) is 0.400. The Morgan fingerprint density at radius 3 is 2.79 bits per heavy atom. The van der Waals surface area contributed by atoms with E-state index in [1.807, 2.05) is 39.0 Å². The first-order valence-corrected chi connectivity index (χ1v) is 6.44. The lowest BCUT2D eigenvalue weighted by atomic mass is 10.1. The smallest absolute Gasteiger partial charge is 0.287 e. The minimum absolute atomic E-state index is 0.110. The average molecular weight is 261 g/mol. The van der Waals surface area contributed by atoms with Gasteiger partial charge in [0.25, 0.3) is 5.91 Å². The summed E-state index contributed by atoms with van der Waals surface area (Å²) in [7, 11) is 0. The quantitative estimate of drug-likeness (QED) is 0.888. The molecule has 4 nitrogen and oxygen atoms in total. The molecule has 4 heteroatoms. The second-order valence-electron chi connectivity index (χ2n) is 5.17. The summed E-state index contributed by atoms with van der Waals surface area (Å²) in [5.41, 5.74) is 1.82. The molecular formula is C15H19NO3. The third-order valence-corrected chi connectivity index (χ3v) is 3.14. The minimum atomic E-state index is -0.546. The molecule has 0 saturated carbocycles. The van der Waals surface area contributed by atoms with E-state index in [1.165, 1.54) is 0 Å². The van der Waals surface area contributed by atoms with E-state index < -0.39 is 6.10 Å². The Kier molecular flexibility index (Phi) is 3.90. The first-order chi connectivity index (χ1) is 8.97. The second kappa shape index (κ2) is 5.45. The maximum atomic E-state index is 11.9. The number of fused-ring (bicyclic) bond motifs is 1. The summed E-state index contributed by atoms with van der Waals surface area (Å²) in [5, 5.41) is 13.2. The van der Waals surface area contributed by atoms with Crippen LogP contribution in [-0.2, 0) is 0 Å². The van der Waals surface area contributed by atoms with Gasteiger partial charge in [-0.1, -0.05) is 25.5 Å². The lowest BCUT2D eigenvalue weighted by Crippen LogP contribution is -2.34. The molecule has 0 aliphatic carbocycles. The minimum Gasteiger partial charge on any atom is -0.451 e. The van der Waals surface area contributed by atoms with Gasteiger partial charge in [-0.2, -0.15) is 0 Å². The summed E-state index contributed by atoms with van der Waals surface area (Å²) in [4.78, 5) is 11.9. The highest BCUT2D eigenvalue weighted by Crippen LogP contribution is 2.20. The summed E-state index contributed by atoms with van der Waals surface area (Å²) in [6, 6.07) is 7.48. The van der Waals surface area contributed by atoms with Crippen molar-refractivity contribution in [1.82, 2.24) is 5.32 Å². The van der Waals surface area contributed by atoms with Crippen molar-refractivity contribution >= 4 is 16.9 Å². The van der Waals surface area contributed by atoms with Crippen molar-refractivity contribution in [2.24, 2.45) is 5.92 Å². The van der Waals surface area contributed by atoms with Gasteiger partial charge in [-0.25, -0.2) is 0 Å². The van der Waals surface area contributed by atoms with Crippen LogP contribution in [0.3, 0.4) is 0 Å². The van der Waals surface area contributed by atoms with Gasteiger partial charge in [0.05, 0.1) is 6.10 Å². The molecule has 1 heterocycles. The highest BCUT2D eigenvalue weighted by molar-refractivity contribution is 5.96. The number of carbonyl (C=O) groups is 1. The number of aliphatic hydroxyl groups excluding tert-OH is 1. The van der Waals surface area contributed by atoms with E-state index in [4.69, 9.17) is 4.42 Å².